The van der Waals surface area contributed by atoms with E-state index in [0.717, 1.165) is 17.9 Å². The van der Waals surface area contributed by atoms with Crippen molar-refractivity contribution >= 4 is 11.6 Å². The van der Waals surface area contributed by atoms with Crippen molar-refractivity contribution in [3.63, 3.8) is 0 Å². The lowest BCUT2D eigenvalue weighted by Gasteiger charge is -2.18. The van der Waals surface area contributed by atoms with Gasteiger partial charge in [0.05, 0.1) is 19.8 Å². The van der Waals surface area contributed by atoms with Crippen LogP contribution >= 0.6 is 11.6 Å². The van der Waals surface area contributed by atoms with Gasteiger partial charge in [0.15, 0.2) is 11.5 Å². The van der Waals surface area contributed by atoms with E-state index in [4.69, 9.17) is 25.8 Å². The molecule has 0 radical (unpaired) electrons. The van der Waals surface area contributed by atoms with E-state index in [1.807, 2.05) is 19.9 Å². The van der Waals surface area contributed by atoms with Crippen LogP contribution in [-0.4, -0.2) is 33.5 Å². The number of nitrogens with one attached hydrogen (secondary N) is 1. The quantitative estimate of drug-likeness (QED) is 0.747. The highest BCUT2D eigenvalue weighted by Crippen LogP contribution is 2.35. The lowest BCUT2D eigenvalue weighted by atomic mass is 10.1. The van der Waals surface area contributed by atoms with Crippen molar-refractivity contribution in [2.75, 3.05) is 27.4 Å². The number of ether oxygens (including phenoxy) is 3. The molecule has 0 atom stereocenters. The number of rotatable bonds is 8. The first-order valence-electron chi connectivity index (χ1n) is 6.31. The summed E-state index contributed by atoms with van der Waals surface area (Å²) < 4.78 is 16.2. The molecule has 0 bridgehead atoms. The van der Waals surface area contributed by atoms with E-state index in [1.165, 1.54) is 0 Å². The molecule has 1 aromatic carbocycles. The minimum absolute atomic E-state index is 0.0767. The molecule has 0 aliphatic rings. The number of hydrogen-bond acceptors (Lipinski definition) is 4. The molecule has 0 spiro atoms. The second-order valence-electron chi connectivity index (χ2n) is 4.43. The van der Waals surface area contributed by atoms with Crippen LogP contribution in [0.15, 0.2) is 12.1 Å². The predicted octanol–water partition coefficient (Wildman–Crippen LogP) is 2.87. The van der Waals surface area contributed by atoms with E-state index in [2.05, 4.69) is 5.32 Å². The summed E-state index contributed by atoms with van der Waals surface area (Å²) in [5.74, 6) is 1.40. The van der Waals surface area contributed by atoms with Gasteiger partial charge in [0.2, 0.25) is 0 Å². The maximum atomic E-state index is 6.09. The topological polar surface area (TPSA) is 39.7 Å². The Bertz CT molecular complexity index is 397. The Balaban J connectivity index is 2.88. The fourth-order valence-electron chi connectivity index (χ4n) is 1.67. The Morgan fingerprint density at radius 2 is 2.00 bits per heavy atom. The van der Waals surface area contributed by atoms with Gasteiger partial charge in [-0.2, -0.15) is 0 Å². The molecule has 1 N–H and O–H groups in total. The van der Waals surface area contributed by atoms with Crippen LogP contribution in [-0.2, 0) is 11.3 Å². The van der Waals surface area contributed by atoms with Crippen LogP contribution in [0.5, 0.6) is 11.5 Å². The lowest BCUT2D eigenvalue weighted by Crippen LogP contribution is -2.20. The number of halogens is 1. The van der Waals surface area contributed by atoms with Crippen LogP contribution in [0.3, 0.4) is 0 Å². The summed E-state index contributed by atoms with van der Waals surface area (Å²) in [6.07, 6.45) is 0.0767. The van der Waals surface area contributed by atoms with Gasteiger partial charge in [0, 0.05) is 36.9 Å². The first kappa shape index (κ1) is 16.1. The third kappa shape index (κ3) is 5.27. The summed E-state index contributed by atoms with van der Waals surface area (Å²) in [4.78, 5) is 0. The van der Waals surface area contributed by atoms with E-state index in [1.54, 1.807) is 20.3 Å². The van der Waals surface area contributed by atoms with Gasteiger partial charge in [0.25, 0.3) is 0 Å². The van der Waals surface area contributed by atoms with Crippen LogP contribution in [0, 0.1) is 0 Å². The molecule has 0 aliphatic carbocycles. The zero-order chi connectivity index (χ0) is 14.3. The van der Waals surface area contributed by atoms with Gasteiger partial charge in [-0.1, -0.05) is 11.6 Å². The van der Waals surface area contributed by atoms with Crippen LogP contribution < -0.4 is 14.8 Å². The molecule has 108 valence electrons. The summed E-state index contributed by atoms with van der Waals surface area (Å²) in [5, 5.41) is 3.91. The fourth-order valence-corrected chi connectivity index (χ4v) is 1.90. The molecule has 0 saturated carbocycles. The van der Waals surface area contributed by atoms with Gasteiger partial charge < -0.3 is 19.5 Å². The number of benzene rings is 1. The van der Waals surface area contributed by atoms with E-state index < -0.39 is 0 Å². The Kier molecular flexibility index (Phi) is 6.99. The Morgan fingerprint density at radius 3 is 2.58 bits per heavy atom. The Morgan fingerprint density at radius 1 is 1.26 bits per heavy atom. The molecule has 0 fully saturated rings. The standard InChI is InChI=1S/C14H22ClNO3/c1-10(2)19-14-11(9-16-5-6-17-3)7-12(15)8-13(14)18-4/h7-8,10,16H,5-6,9H2,1-4H3. The van der Waals surface area contributed by atoms with Crippen molar-refractivity contribution in [1.29, 1.82) is 0 Å². The van der Waals surface area contributed by atoms with Crippen molar-refractivity contribution < 1.29 is 14.2 Å². The van der Waals surface area contributed by atoms with Gasteiger partial charge in [0.1, 0.15) is 0 Å². The van der Waals surface area contributed by atoms with Gasteiger partial charge in [-0.25, -0.2) is 0 Å². The second kappa shape index (κ2) is 8.25. The Labute approximate surface area is 120 Å². The van der Waals surface area contributed by atoms with E-state index in [-0.39, 0.29) is 6.10 Å². The lowest BCUT2D eigenvalue weighted by molar-refractivity contribution is 0.198. The summed E-state index contributed by atoms with van der Waals surface area (Å²) in [5.41, 5.74) is 0.981. The van der Waals surface area contributed by atoms with Crippen molar-refractivity contribution in [3.8, 4) is 11.5 Å². The van der Waals surface area contributed by atoms with Crippen LogP contribution in [0.1, 0.15) is 19.4 Å². The minimum Gasteiger partial charge on any atom is -0.493 e. The highest BCUT2D eigenvalue weighted by molar-refractivity contribution is 6.30. The fraction of sp³-hybridized carbons (Fsp3) is 0.571. The van der Waals surface area contributed by atoms with Crippen molar-refractivity contribution in [2.45, 2.75) is 26.5 Å². The molecule has 5 heteroatoms. The monoisotopic (exact) mass is 287 g/mol. The third-order valence-corrected chi connectivity index (χ3v) is 2.69. The van der Waals surface area contributed by atoms with E-state index in [9.17, 15) is 0 Å². The largest absolute Gasteiger partial charge is 0.493 e. The molecular formula is C14H22ClNO3. The average molecular weight is 288 g/mol. The van der Waals surface area contributed by atoms with Crippen LogP contribution in [0.25, 0.3) is 0 Å². The summed E-state index contributed by atoms with van der Waals surface area (Å²) in [7, 11) is 3.29. The smallest absolute Gasteiger partial charge is 0.166 e. The zero-order valence-electron chi connectivity index (χ0n) is 12.0. The van der Waals surface area contributed by atoms with Crippen molar-refractivity contribution in [2.24, 2.45) is 0 Å². The zero-order valence-corrected chi connectivity index (χ0v) is 12.7. The molecule has 0 aromatic heterocycles. The molecular weight excluding hydrogens is 266 g/mol. The SMILES string of the molecule is COCCNCc1cc(Cl)cc(OC)c1OC(C)C. The van der Waals surface area contributed by atoms with E-state index >= 15 is 0 Å². The predicted molar refractivity (Wildman–Crippen MR) is 77.4 cm³/mol. The van der Waals surface area contributed by atoms with Crippen molar-refractivity contribution in [3.05, 3.63) is 22.7 Å². The number of hydrogen-bond donors (Lipinski definition) is 1. The van der Waals surface area contributed by atoms with Crippen LogP contribution in [0.4, 0.5) is 0 Å². The van der Waals surface area contributed by atoms with Crippen molar-refractivity contribution in [1.82, 2.24) is 5.32 Å². The molecule has 0 saturated heterocycles. The van der Waals surface area contributed by atoms with E-state index in [0.29, 0.717) is 23.9 Å². The first-order valence-corrected chi connectivity index (χ1v) is 6.69. The average Bonchev–Trinajstić information content (AvgIpc) is 2.36. The highest BCUT2D eigenvalue weighted by atomic mass is 35.5. The summed E-state index contributed by atoms with van der Waals surface area (Å²) in [6.45, 7) is 6.05. The molecule has 1 rings (SSSR count). The van der Waals surface area contributed by atoms with Gasteiger partial charge in [-0.15, -0.1) is 0 Å². The summed E-state index contributed by atoms with van der Waals surface area (Å²) >= 11 is 6.09. The summed E-state index contributed by atoms with van der Waals surface area (Å²) in [6, 6.07) is 3.65. The normalized spacial score (nSPS) is 10.8. The minimum atomic E-state index is 0.0767. The van der Waals surface area contributed by atoms with Gasteiger partial charge >= 0.3 is 0 Å². The van der Waals surface area contributed by atoms with Gasteiger partial charge in [-0.3, -0.25) is 0 Å². The molecule has 0 amide bonds. The maximum Gasteiger partial charge on any atom is 0.166 e. The Hall–Kier alpha value is -0.970. The molecule has 19 heavy (non-hydrogen) atoms. The first-order chi connectivity index (χ1) is 9.08. The highest BCUT2D eigenvalue weighted by Gasteiger charge is 2.14. The molecule has 4 nitrogen and oxygen atoms in total. The third-order valence-electron chi connectivity index (χ3n) is 2.47. The molecule has 0 unspecified atom stereocenters. The molecule has 0 heterocycles. The van der Waals surface area contributed by atoms with Gasteiger partial charge in [-0.05, 0) is 19.9 Å². The maximum absolute atomic E-state index is 6.09. The van der Waals surface area contributed by atoms with Crippen LogP contribution in [0.2, 0.25) is 5.02 Å². The molecule has 0 aliphatic heterocycles. The number of methoxy groups -OCH3 is 2. The molecule has 1 aromatic rings. The second-order valence-corrected chi connectivity index (χ2v) is 4.87.